The zero-order valence-corrected chi connectivity index (χ0v) is 15.5. The maximum atomic E-state index is 11.3. The summed E-state index contributed by atoms with van der Waals surface area (Å²) in [5, 5.41) is 26.7. The summed E-state index contributed by atoms with van der Waals surface area (Å²) in [5.41, 5.74) is 7.75. The lowest BCUT2D eigenvalue weighted by molar-refractivity contribution is -0.384. The van der Waals surface area contributed by atoms with Gasteiger partial charge in [0, 0.05) is 25.4 Å². The van der Waals surface area contributed by atoms with Crippen LogP contribution in [0, 0.1) is 21.4 Å². The van der Waals surface area contributed by atoms with E-state index in [1.165, 1.54) is 6.07 Å². The van der Waals surface area contributed by atoms with Gasteiger partial charge >= 0.3 is 5.69 Å². The minimum Gasteiger partial charge on any atom is -0.383 e. The van der Waals surface area contributed by atoms with Crippen LogP contribution in [0.5, 0.6) is 0 Å². The molecule has 29 heavy (non-hydrogen) atoms. The molecule has 0 fully saturated rings. The fourth-order valence-electron chi connectivity index (χ4n) is 2.79. The van der Waals surface area contributed by atoms with Crippen LogP contribution in [0.3, 0.4) is 0 Å². The summed E-state index contributed by atoms with van der Waals surface area (Å²) in [6.45, 7) is 0.890. The number of nitrogens with two attached hydrogens (primary N) is 1. The predicted octanol–water partition coefficient (Wildman–Crippen LogP) is 3.11. The number of nitrogens with one attached hydrogen (secondary N) is 2. The van der Waals surface area contributed by atoms with Gasteiger partial charge in [-0.2, -0.15) is 5.26 Å². The van der Waals surface area contributed by atoms with Crippen LogP contribution < -0.4 is 16.4 Å². The van der Waals surface area contributed by atoms with Gasteiger partial charge < -0.3 is 16.4 Å². The lowest BCUT2D eigenvalue weighted by atomic mass is 10.1. The molecule has 9 heteroatoms. The smallest absolute Gasteiger partial charge is 0.311 e. The summed E-state index contributed by atoms with van der Waals surface area (Å²) in [6.07, 6.45) is 2.09. The zero-order valence-electron chi connectivity index (χ0n) is 15.5. The maximum absolute atomic E-state index is 11.3. The average molecular weight is 389 g/mol. The van der Waals surface area contributed by atoms with Crippen LogP contribution in [0.2, 0.25) is 0 Å². The third-order valence-electron chi connectivity index (χ3n) is 4.25. The first-order chi connectivity index (χ1) is 14.1. The molecule has 9 nitrogen and oxygen atoms in total. The second-order valence-corrected chi connectivity index (χ2v) is 6.18. The number of pyridine rings is 2. The normalized spacial score (nSPS) is 10.2. The van der Waals surface area contributed by atoms with Crippen LogP contribution in [0.15, 0.2) is 54.7 Å². The molecule has 2 heterocycles. The van der Waals surface area contributed by atoms with Crippen molar-refractivity contribution in [2.24, 2.45) is 0 Å². The van der Waals surface area contributed by atoms with Gasteiger partial charge in [-0.05, 0) is 29.7 Å². The van der Waals surface area contributed by atoms with Crippen molar-refractivity contribution in [2.75, 3.05) is 22.9 Å². The fourth-order valence-corrected chi connectivity index (χ4v) is 2.79. The first-order valence-electron chi connectivity index (χ1n) is 8.89. The van der Waals surface area contributed by atoms with E-state index in [9.17, 15) is 15.4 Å². The van der Waals surface area contributed by atoms with E-state index in [4.69, 9.17) is 5.73 Å². The van der Waals surface area contributed by atoms with Crippen molar-refractivity contribution in [1.29, 1.82) is 5.26 Å². The lowest BCUT2D eigenvalue weighted by Crippen LogP contribution is -2.11. The van der Waals surface area contributed by atoms with Gasteiger partial charge in [-0.1, -0.05) is 30.3 Å². The van der Waals surface area contributed by atoms with E-state index in [1.807, 2.05) is 30.3 Å². The Bertz CT molecular complexity index is 1050. The van der Waals surface area contributed by atoms with Crippen LogP contribution in [-0.2, 0) is 13.0 Å². The van der Waals surface area contributed by atoms with Crippen molar-refractivity contribution in [3.8, 4) is 6.07 Å². The number of nitriles is 1. The molecule has 0 saturated heterocycles. The molecule has 1 aromatic carbocycles. The Labute approximate surface area is 167 Å². The maximum Gasteiger partial charge on any atom is 0.311 e. The molecule has 3 rings (SSSR count). The first-order valence-corrected chi connectivity index (χ1v) is 8.89. The fraction of sp³-hybridized carbons (Fsp3) is 0.150. The molecular formula is C20H19N7O2. The molecule has 0 bridgehead atoms. The van der Waals surface area contributed by atoms with E-state index < -0.39 is 4.92 Å². The van der Waals surface area contributed by atoms with Gasteiger partial charge in [0.2, 0.25) is 5.82 Å². The van der Waals surface area contributed by atoms with Crippen molar-refractivity contribution >= 4 is 23.1 Å². The minimum atomic E-state index is -0.469. The molecule has 0 spiro atoms. The standard InChI is InChI=1S/C20H19N7O2/c21-12-16-15(9-11-24-19(16)22)8-10-23-18-7-6-17(27(28)29)20(26-18)25-13-14-4-2-1-3-5-14/h1-7,9,11H,8,10,13H2,(H2,22,24)(H2,23,25,26). The summed E-state index contributed by atoms with van der Waals surface area (Å²) in [5.74, 6) is 0.882. The lowest BCUT2D eigenvalue weighted by Gasteiger charge is -2.11. The van der Waals surface area contributed by atoms with Gasteiger partial charge in [-0.3, -0.25) is 10.1 Å². The van der Waals surface area contributed by atoms with Gasteiger partial charge in [-0.25, -0.2) is 9.97 Å². The molecule has 3 aromatic rings. The molecule has 4 N–H and O–H groups in total. The zero-order chi connectivity index (χ0) is 20.6. The highest BCUT2D eigenvalue weighted by Gasteiger charge is 2.16. The van der Waals surface area contributed by atoms with Crippen LogP contribution in [0.4, 0.5) is 23.1 Å². The topological polar surface area (TPSA) is 143 Å². The highest BCUT2D eigenvalue weighted by atomic mass is 16.6. The molecule has 146 valence electrons. The van der Waals surface area contributed by atoms with E-state index in [2.05, 4.69) is 26.7 Å². The second-order valence-electron chi connectivity index (χ2n) is 6.18. The summed E-state index contributed by atoms with van der Waals surface area (Å²) >= 11 is 0. The van der Waals surface area contributed by atoms with Gasteiger partial charge in [-0.15, -0.1) is 0 Å². The van der Waals surface area contributed by atoms with E-state index >= 15 is 0 Å². The third-order valence-corrected chi connectivity index (χ3v) is 4.25. The van der Waals surface area contributed by atoms with Crippen molar-refractivity contribution in [2.45, 2.75) is 13.0 Å². The highest BCUT2D eigenvalue weighted by Crippen LogP contribution is 2.24. The summed E-state index contributed by atoms with van der Waals surface area (Å²) in [6, 6.07) is 16.3. The number of anilines is 3. The monoisotopic (exact) mass is 389 g/mol. The Hall–Kier alpha value is -4.19. The number of nitrogen functional groups attached to an aromatic ring is 1. The van der Waals surface area contributed by atoms with Crippen LogP contribution in [0.1, 0.15) is 16.7 Å². The Morgan fingerprint density at radius 2 is 1.93 bits per heavy atom. The number of nitro groups is 1. The molecule has 0 atom stereocenters. The summed E-state index contributed by atoms with van der Waals surface area (Å²) in [4.78, 5) is 19.1. The third kappa shape index (κ3) is 4.95. The van der Waals surface area contributed by atoms with E-state index in [1.54, 1.807) is 18.3 Å². The predicted molar refractivity (Wildman–Crippen MR) is 110 cm³/mol. The number of hydrogen-bond acceptors (Lipinski definition) is 8. The van der Waals surface area contributed by atoms with E-state index in [0.717, 1.165) is 11.1 Å². The largest absolute Gasteiger partial charge is 0.383 e. The molecule has 0 radical (unpaired) electrons. The highest BCUT2D eigenvalue weighted by molar-refractivity contribution is 5.60. The quantitative estimate of drug-likeness (QED) is 0.394. The first kappa shape index (κ1) is 19.6. The molecular weight excluding hydrogens is 370 g/mol. The molecule has 0 aliphatic carbocycles. The second kappa shape index (κ2) is 9.14. The van der Waals surface area contributed by atoms with Gasteiger partial charge in [0.25, 0.3) is 0 Å². The van der Waals surface area contributed by atoms with Crippen molar-refractivity contribution in [3.63, 3.8) is 0 Å². The van der Waals surface area contributed by atoms with Crippen molar-refractivity contribution < 1.29 is 4.92 Å². The molecule has 0 aliphatic rings. The van der Waals surface area contributed by atoms with Crippen LogP contribution in [0.25, 0.3) is 0 Å². The number of hydrogen-bond donors (Lipinski definition) is 3. The molecule has 0 amide bonds. The van der Waals surface area contributed by atoms with Crippen LogP contribution in [-0.4, -0.2) is 21.4 Å². The van der Waals surface area contributed by atoms with Gasteiger partial charge in [0.15, 0.2) is 0 Å². The SMILES string of the molecule is N#Cc1c(CCNc2ccc([N+](=O)[O-])c(NCc3ccccc3)n2)ccnc1N. The number of rotatable bonds is 8. The number of aromatic nitrogens is 2. The molecule has 2 aromatic heterocycles. The summed E-state index contributed by atoms with van der Waals surface area (Å²) in [7, 11) is 0. The Morgan fingerprint density at radius 3 is 2.66 bits per heavy atom. The van der Waals surface area contributed by atoms with Crippen molar-refractivity contribution in [1.82, 2.24) is 9.97 Å². The Balaban J connectivity index is 1.69. The Kier molecular flexibility index (Phi) is 6.17. The van der Waals surface area contributed by atoms with Crippen molar-refractivity contribution in [3.05, 3.63) is 81.5 Å². The van der Waals surface area contributed by atoms with Gasteiger partial charge in [0.1, 0.15) is 17.7 Å². The average Bonchev–Trinajstić information content (AvgIpc) is 2.73. The van der Waals surface area contributed by atoms with Crippen LogP contribution >= 0.6 is 0 Å². The van der Waals surface area contributed by atoms with E-state index in [0.29, 0.717) is 30.9 Å². The Morgan fingerprint density at radius 1 is 1.14 bits per heavy atom. The minimum absolute atomic E-state index is 0.0971. The van der Waals surface area contributed by atoms with Gasteiger partial charge in [0.05, 0.1) is 10.5 Å². The molecule has 0 saturated carbocycles. The molecule has 0 aliphatic heterocycles. The van der Waals surface area contributed by atoms with E-state index in [-0.39, 0.29) is 17.3 Å². The number of benzene rings is 1. The summed E-state index contributed by atoms with van der Waals surface area (Å²) < 4.78 is 0. The number of nitrogens with zero attached hydrogens (tertiary/aromatic N) is 4. The molecule has 0 unspecified atom stereocenters.